The fourth-order valence-corrected chi connectivity index (χ4v) is 2.65. The molecule has 26 heavy (non-hydrogen) atoms. The predicted molar refractivity (Wildman–Crippen MR) is 100 cm³/mol. The van der Waals surface area contributed by atoms with Gasteiger partial charge in [0.15, 0.2) is 0 Å². The van der Waals surface area contributed by atoms with E-state index in [2.05, 4.69) is 11.5 Å². The van der Waals surface area contributed by atoms with Crippen molar-refractivity contribution in [1.82, 2.24) is 5.48 Å². The van der Waals surface area contributed by atoms with Gasteiger partial charge in [0.05, 0.1) is 13.5 Å². The second kappa shape index (κ2) is 8.18. The largest absolute Gasteiger partial charge is 0.481 e. The molecular weight excluding hydrogens is 330 g/mol. The number of hydroxylamine groups is 1. The van der Waals surface area contributed by atoms with E-state index in [0.29, 0.717) is 17.0 Å². The molecule has 0 aliphatic carbocycles. The Hall–Kier alpha value is -3.31. The van der Waals surface area contributed by atoms with E-state index in [1.54, 1.807) is 30.5 Å². The molecule has 5 nitrogen and oxygen atoms in total. The fourth-order valence-electron chi connectivity index (χ4n) is 2.65. The van der Waals surface area contributed by atoms with Crippen LogP contribution in [0, 0.1) is 0 Å². The van der Waals surface area contributed by atoms with Crippen LogP contribution in [0.4, 0.5) is 0 Å². The number of fused-ring (bicyclic) bond motifs is 1. The topological polar surface area (TPSA) is 67.8 Å². The van der Waals surface area contributed by atoms with Gasteiger partial charge in [-0.2, -0.15) is 0 Å². The summed E-state index contributed by atoms with van der Waals surface area (Å²) in [6.45, 7) is 0. The Bertz CT molecular complexity index is 949. The van der Waals surface area contributed by atoms with Gasteiger partial charge in [0.25, 0.3) is 0 Å². The standard InChI is InChI=1S/C21H19NO4/c1-25-22-20(18-10-9-16-6-2-3-7-17(16)13-18)14-26-19-8-4-5-15(11-19)12-21(23)24/h2-11,13-14,22H,12H2,1H3,(H,23,24). The summed E-state index contributed by atoms with van der Waals surface area (Å²) < 4.78 is 5.71. The minimum Gasteiger partial charge on any atom is -0.481 e. The number of carboxylic acids is 1. The minimum atomic E-state index is -0.879. The van der Waals surface area contributed by atoms with Gasteiger partial charge in [-0.05, 0) is 34.5 Å². The monoisotopic (exact) mass is 349 g/mol. The van der Waals surface area contributed by atoms with Crippen molar-refractivity contribution in [2.24, 2.45) is 0 Å². The van der Waals surface area contributed by atoms with Crippen molar-refractivity contribution in [3.63, 3.8) is 0 Å². The Balaban J connectivity index is 1.85. The van der Waals surface area contributed by atoms with Gasteiger partial charge >= 0.3 is 5.97 Å². The van der Waals surface area contributed by atoms with E-state index in [1.165, 1.54) is 7.11 Å². The molecule has 0 fully saturated rings. The van der Waals surface area contributed by atoms with Crippen molar-refractivity contribution in [2.45, 2.75) is 6.42 Å². The molecule has 0 saturated heterocycles. The van der Waals surface area contributed by atoms with Gasteiger partial charge in [0, 0.05) is 5.56 Å². The quantitative estimate of drug-likeness (QED) is 0.498. The third-order valence-corrected chi connectivity index (χ3v) is 3.84. The summed E-state index contributed by atoms with van der Waals surface area (Å²) >= 11 is 0. The third-order valence-electron chi connectivity index (χ3n) is 3.84. The maximum atomic E-state index is 10.8. The molecule has 0 unspecified atom stereocenters. The van der Waals surface area contributed by atoms with Crippen LogP contribution < -0.4 is 10.2 Å². The van der Waals surface area contributed by atoms with Crippen LogP contribution >= 0.6 is 0 Å². The Morgan fingerprint density at radius 1 is 1.04 bits per heavy atom. The molecule has 0 aliphatic rings. The summed E-state index contributed by atoms with van der Waals surface area (Å²) in [5, 5.41) is 11.2. The van der Waals surface area contributed by atoms with Gasteiger partial charge < -0.3 is 9.84 Å². The summed E-state index contributed by atoms with van der Waals surface area (Å²) in [6, 6.07) is 21.1. The minimum absolute atomic E-state index is 0.0469. The van der Waals surface area contributed by atoms with Crippen LogP contribution in [0.15, 0.2) is 73.0 Å². The smallest absolute Gasteiger partial charge is 0.307 e. The van der Waals surface area contributed by atoms with E-state index in [0.717, 1.165) is 16.3 Å². The second-order valence-electron chi connectivity index (χ2n) is 5.74. The average molecular weight is 349 g/mol. The lowest BCUT2D eigenvalue weighted by molar-refractivity contribution is -0.136. The number of rotatable bonds is 7. The van der Waals surface area contributed by atoms with Crippen LogP contribution in [0.25, 0.3) is 16.5 Å². The number of nitrogens with one attached hydrogen (secondary N) is 1. The van der Waals surface area contributed by atoms with E-state index in [4.69, 9.17) is 14.7 Å². The summed E-state index contributed by atoms with van der Waals surface area (Å²) in [6.07, 6.45) is 1.50. The second-order valence-corrected chi connectivity index (χ2v) is 5.74. The summed E-state index contributed by atoms with van der Waals surface area (Å²) in [5.41, 5.74) is 5.06. The first kappa shape index (κ1) is 17.5. The zero-order valence-electron chi connectivity index (χ0n) is 14.3. The highest BCUT2D eigenvalue weighted by Gasteiger charge is 2.05. The van der Waals surface area contributed by atoms with Gasteiger partial charge in [0.2, 0.25) is 0 Å². The predicted octanol–water partition coefficient (Wildman–Crippen LogP) is 4.00. The maximum absolute atomic E-state index is 10.8. The molecule has 2 N–H and O–H groups in total. The fraction of sp³-hybridized carbons (Fsp3) is 0.0952. The molecule has 0 spiro atoms. The van der Waals surface area contributed by atoms with Gasteiger partial charge in [-0.3, -0.25) is 15.1 Å². The first-order valence-electron chi connectivity index (χ1n) is 8.11. The van der Waals surface area contributed by atoms with E-state index in [9.17, 15) is 4.79 Å². The van der Waals surface area contributed by atoms with Crippen LogP contribution in [-0.4, -0.2) is 18.2 Å². The SMILES string of the molecule is CONC(=COc1cccc(CC(=O)O)c1)c1ccc2ccccc2c1. The first-order chi connectivity index (χ1) is 12.7. The zero-order chi connectivity index (χ0) is 18.4. The van der Waals surface area contributed by atoms with Gasteiger partial charge in [-0.1, -0.05) is 48.5 Å². The van der Waals surface area contributed by atoms with Crippen LogP contribution in [0.2, 0.25) is 0 Å². The molecule has 0 aliphatic heterocycles. The van der Waals surface area contributed by atoms with Gasteiger partial charge in [-0.25, -0.2) is 0 Å². The first-order valence-corrected chi connectivity index (χ1v) is 8.11. The number of carbonyl (C=O) groups is 1. The highest BCUT2D eigenvalue weighted by atomic mass is 16.6. The molecule has 0 radical (unpaired) electrons. The van der Waals surface area contributed by atoms with Crippen LogP contribution in [0.3, 0.4) is 0 Å². The van der Waals surface area contributed by atoms with Crippen molar-refractivity contribution in [2.75, 3.05) is 7.11 Å². The molecule has 0 atom stereocenters. The van der Waals surface area contributed by atoms with Gasteiger partial charge in [0.1, 0.15) is 17.7 Å². The molecule has 132 valence electrons. The summed E-state index contributed by atoms with van der Waals surface area (Å²) in [4.78, 5) is 15.9. The van der Waals surface area contributed by atoms with E-state index in [-0.39, 0.29) is 6.42 Å². The molecule has 0 bridgehead atoms. The maximum Gasteiger partial charge on any atom is 0.307 e. The molecule has 3 rings (SSSR count). The van der Waals surface area contributed by atoms with E-state index in [1.807, 2.05) is 36.4 Å². The van der Waals surface area contributed by atoms with Crippen LogP contribution in [0.5, 0.6) is 5.75 Å². The number of aliphatic carboxylic acids is 1. The molecular formula is C21H19NO4. The number of benzene rings is 3. The van der Waals surface area contributed by atoms with Crippen LogP contribution in [-0.2, 0) is 16.1 Å². The number of ether oxygens (including phenoxy) is 1. The highest BCUT2D eigenvalue weighted by Crippen LogP contribution is 2.21. The number of hydrogen-bond donors (Lipinski definition) is 2. The van der Waals surface area contributed by atoms with Gasteiger partial charge in [-0.15, -0.1) is 0 Å². The zero-order valence-corrected chi connectivity index (χ0v) is 14.3. The Morgan fingerprint density at radius 2 is 1.85 bits per heavy atom. The lowest BCUT2D eigenvalue weighted by Crippen LogP contribution is -2.11. The molecule has 0 amide bonds. The van der Waals surface area contributed by atoms with Crippen molar-refractivity contribution < 1.29 is 19.5 Å². The van der Waals surface area contributed by atoms with Crippen molar-refractivity contribution >= 4 is 22.4 Å². The molecule has 3 aromatic rings. The Labute approximate surface area is 151 Å². The summed E-state index contributed by atoms with van der Waals surface area (Å²) in [5.74, 6) is -0.324. The van der Waals surface area contributed by atoms with E-state index < -0.39 is 5.97 Å². The molecule has 0 saturated carbocycles. The average Bonchev–Trinajstić information content (AvgIpc) is 2.64. The molecule has 5 heteroatoms. The number of hydrogen-bond acceptors (Lipinski definition) is 4. The normalized spacial score (nSPS) is 11.3. The van der Waals surface area contributed by atoms with Crippen molar-refractivity contribution in [3.8, 4) is 5.75 Å². The third kappa shape index (κ3) is 4.40. The molecule has 3 aromatic carbocycles. The van der Waals surface area contributed by atoms with Crippen LogP contribution in [0.1, 0.15) is 11.1 Å². The Morgan fingerprint density at radius 3 is 2.62 bits per heavy atom. The lowest BCUT2D eigenvalue weighted by atomic mass is 10.1. The molecule has 0 heterocycles. The number of carboxylic acid groups (broad SMARTS) is 1. The highest BCUT2D eigenvalue weighted by molar-refractivity contribution is 5.85. The van der Waals surface area contributed by atoms with Crippen molar-refractivity contribution in [1.29, 1.82) is 0 Å². The molecule has 0 aromatic heterocycles. The van der Waals surface area contributed by atoms with Crippen molar-refractivity contribution in [3.05, 3.63) is 84.1 Å². The van der Waals surface area contributed by atoms with E-state index >= 15 is 0 Å². The summed E-state index contributed by atoms with van der Waals surface area (Å²) in [7, 11) is 1.53. The Kier molecular flexibility index (Phi) is 5.51. The lowest BCUT2D eigenvalue weighted by Gasteiger charge is -2.11.